The third-order valence-corrected chi connectivity index (χ3v) is 16.7. The smallest absolute Gasteiger partial charge is 0.164 e. The van der Waals surface area contributed by atoms with Gasteiger partial charge in [-0.05, 0) is 120 Å². The van der Waals surface area contributed by atoms with Gasteiger partial charge in [-0.3, -0.25) is 0 Å². The summed E-state index contributed by atoms with van der Waals surface area (Å²) in [7, 11) is 0. The number of hydrogen-bond acceptors (Lipinski definition) is 7. The number of nitrogens with zero attached hydrogens (tertiary/aromatic N) is 4. The Morgan fingerprint density at radius 3 is 1.60 bits per heavy atom. The van der Waals surface area contributed by atoms with E-state index in [-0.39, 0.29) is 0 Å². The molecule has 0 spiro atoms. The Bertz CT molecular complexity index is 5180. The molecule has 77 heavy (non-hydrogen) atoms. The number of rotatable bonds is 6. The maximum atomic E-state index is 6.71. The molecular formula is C69H38N4O3S. The zero-order valence-electron chi connectivity index (χ0n) is 40.9. The zero-order valence-corrected chi connectivity index (χ0v) is 41.7. The molecule has 0 N–H and O–H groups in total. The topological polar surface area (TPSA) is 83.0 Å². The number of benzene rings is 11. The van der Waals surface area contributed by atoms with Crippen LogP contribution in [0.2, 0.25) is 0 Å². The minimum atomic E-state index is 0.522. The molecule has 0 aliphatic rings. The lowest BCUT2D eigenvalue weighted by Gasteiger charge is -2.11. The molecule has 17 rings (SSSR count). The zero-order chi connectivity index (χ0) is 50.3. The van der Waals surface area contributed by atoms with Crippen molar-refractivity contribution < 1.29 is 13.3 Å². The van der Waals surface area contributed by atoms with Gasteiger partial charge in [-0.15, -0.1) is 11.3 Å². The van der Waals surface area contributed by atoms with Crippen LogP contribution in [0.1, 0.15) is 0 Å². The van der Waals surface area contributed by atoms with E-state index >= 15 is 0 Å². The van der Waals surface area contributed by atoms with Crippen LogP contribution in [0.5, 0.6) is 0 Å². The SMILES string of the molecule is c1ccc(-n2c3ccccc3c3cc(-c4cc(-c5ccc6oc7cccc(-c8nc(-c9ccc%10c(c9)oc9ccccc9%10)nc(-c9ccc%10c(c9)oc9ccccc9%10)n8)c7c6c5)cc5c4sc4ccccc45)ccc32)cc1. The molecule has 0 amide bonds. The van der Waals surface area contributed by atoms with Gasteiger partial charge in [0.15, 0.2) is 17.5 Å². The summed E-state index contributed by atoms with van der Waals surface area (Å²) < 4.78 is 24.4. The molecule has 6 aromatic heterocycles. The summed E-state index contributed by atoms with van der Waals surface area (Å²) in [4.78, 5) is 15.8. The minimum Gasteiger partial charge on any atom is -0.456 e. The lowest BCUT2D eigenvalue weighted by atomic mass is 9.94. The summed E-state index contributed by atoms with van der Waals surface area (Å²) in [6, 6.07) is 81.1. The molecule has 0 atom stereocenters. The number of furan rings is 3. The van der Waals surface area contributed by atoms with Gasteiger partial charge in [-0.25, -0.2) is 15.0 Å². The first kappa shape index (κ1) is 42.2. The Hall–Kier alpha value is -10.2. The second-order valence-electron chi connectivity index (χ2n) is 19.8. The molecule has 17 aromatic rings. The predicted molar refractivity (Wildman–Crippen MR) is 316 cm³/mol. The van der Waals surface area contributed by atoms with Gasteiger partial charge in [-0.1, -0.05) is 127 Å². The quantitative estimate of drug-likeness (QED) is 0.165. The van der Waals surface area contributed by atoms with Crippen LogP contribution in [0, 0.1) is 0 Å². The molecular weight excluding hydrogens is 965 g/mol. The molecule has 0 bridgehead atoms. The highest BCUT2D eigenvalue weighted by atomic mass is 32.1. The van der Waals surface area contributed by atoms with Crippen LogP contribution in [0.3, 0.4) is 0 Å². The van der Waals surface area contributed by atoms with Crippen molar-refractivity contribution >= 4 is 119 Å². The fraction of sp³-hybridized carbons (Fsp3) is 0. The summed E-state index contributed by atoms with van der Waals surface area (Å²) >= 11 is 1.86. The van der Waals surface area contributed by atoms with E-state index in [9.17, 15) is 0 Å². The summed E-state index contributed by atoms with van der Waals surface area (Å²) in [5.41, 5.74) is 15.2. The molecule has 358 valence electrons. The monoisotopic (exact) mass is 1000 g/mol. The highest BCUT2D eigenvalue weighted by Gasteiger charge is 2.22. The van der Waals surface area contributed by atoms with Crippen molar-refractivity contribution in [3.63, 3.8) is 0 Å². The molecule has 11 aromatic carbocycles. The van der Waals surface area contributed by atoms with E-state index in [1.165, 1.54) is 53.1 Å². The molecule has 0 saturated heterocycles. The van der Waals surface area contributed by atoms with Crippen LogP contribution in [-0.2, 0) is 0 Å². The van der Waals surface area contributed by atoms with Gasteiger partial charge in [0.1, 0.15) is 33.5 Å². The lowest BCUT2D eigenvalue weighted by Crippen LogP contribution is -2.00. The average Bonchev–Trinajstić information content (AvgIpc) is 4.35. The largest absolute Gasteiger partial charge is 0.456 e. The maximum absolute atomic E-state index is 6.71. The summed E-state index contributed by atoms with van der Waals surface area (Å²) in [6.45, 7) is 0. The minimum absolute atomic E-state index is 0.522. The fourth-order valence-electron chi connectivity index (χ4n) is 11.9. The number of para-hydroxylation sites is 4. The van der Waals surface area contributed by atoms with Crippen molar-refractivity contribution in [1.29, 1.82) is 0 Å². The van der Waals surface area contributed by atoms with Gasteiger partial charge in [-0.2, -0.15) is 0 Å². The van der Waals surface area contributed by atoms with Crippen LogP contribution in [0.25, 0.3) is 170 Å². The molecule has 0 radical (unpaired) electrons. The number of thiophene rings is 1. The lowest BCUT2D eigenvalue weighted by molar-refractivity contribution is 0.668. The van der Waals surface area contributed by atoms with Crippen molar-refractivity contribution in [1.82, 2.24) is 19.5 Å². The Balaban J connectivity index is 0.855. The molecule has 7 nitrogen and oxygen atoms in total. The van der Waals surface area contributed by atoms with E-state index < -0.39 is 0 Å². The number of hydrogen-bond donors (Lipinski definition) is 0. The molecule has 0 saturated carbocycles. The Labute approximate surface area is 442 Å². The van der Waals surface area contributed by atoms with E-state index in [1.54, 1.807) is 0 Å². The predicted octanol–water partition coefficient (Wildman–Crippen LogP) is 19.4. The van der Waals surface area contributed by atoms with Gasteiger partial charge in [0.2, 0.25) is 0 Å². The highest BCUT2D eigenvalue weighted by molar-refractivity contribution is 7.26. The van der Waals surface area contributed by atoms with Crippen LogP contribution < -0.4 is 0 Å². The van der Waals surface area contributed by atoms with Crippen LogP contribution in [0.4, 0.5) is 0 Å². The van der Waals surface area contributed by atoms with Crippen molar-refractivity contribution in [2.75, 3.05) is 0 Å². The van der Waals surface area contributed by atoms with Crippen molar-refractivity contribution in [3.05, 3.63) is 231 Å². The molecule has 0 aliphatic carbocycles. The molecule has 8 heteroatoms. The number of aromatic nitrogens is 4. The highest BCUT2D eigenvalue weighted by Crippen LogP contribution is 2.46. The summed E-state index contributed by atoms with van der Waals surface area (Å²) in [5.74, 6) is 1.57. The van der Waals surface area contributed by atoms with Gasteiger partial charge < -0.3 is 17.8 Å². The normalized spacial score (nSPS) is 12.2. The van der Waals surface area contributed by atoms with Gasteiger partial charge in [0, 0.05) is 91.2 Å². The first-order valence-corrected chi connectivity index (χ1v) is 26.5. The van der Waals surface area contributed by atoms with Crippen molar-refractivity contribution in [2.24, 2.45) is 0 Å². The van der Waals surface area contributed by atoms with Gasteiger partial charge >= 0.3 is 0 Å². The Morgan fingerprint density at radius 1 is 0.299 bits per heavy atom. The van der Waals surface area contributed by atoms with Gasteiger partial charge in [0.25, 0.3) is 0 Å². The Kier molecular flexibility index (Phi) is 8.87. The van der Waals surface area contributed by atoms with E-state index in [2.05, 4.69) is 174 Å². The Morgan fingerprint density at radius 2 is 0.844 bits per heavy atom. The molecule has 0 fully saturated rings. The molecule has 0 unspecified atom stereocenters. The molecule has 6 heterocycles. The first-order valence-electron chi connectivity index (χ1n) is 25.7. The molecule has 0 aliphatic heterocycles. The van der Waals surface area contributed by atoms with E-state index in [1.807, 2.05) is 72.0 Å². The van der Waals surface area contributed by atoms with Crippen LogP contribution in [-0.4, -0.2) is 19.5 Å². The second-order valence-corrected chi connectivity index (χ2v) is 20.9. The van der Waals surface area contributed by atoms with E-state index in [0.29, 0.717) is 17.5 Å². The third-order valence-electron chi connectivity index (χ3n) is 15.5. The van der Waals surface area contributed by atoms with E-state index in [4.69, 9.17) is 28.2 Å². The first-order chi connectivity index (χ1) is 38.1. The van der Waals surface area contributed by atoms with Crippen LogP contribution in [0.15, 0.2) is 244 Å². The van der Waals surface area contributed by atoms with Gasteiger partial charge in [0.05, 0.1) is 11.0 Å². The van der Waals surface area contributed by atoms with Crippen LogP contribution >= 0.6 is 11.3 Å². The van der Waals surface area contributed by atoms with E-state index in [0.717, 1.165) is 99.3 Å². The van der Waals surface area contributed by atoms with Crippen molar-refractivity contribution in [2.45, 2.75) is 0 Å². The summed E-state index contributed by atoms with van der Waals surface area (Å²) in [6.07, 6.45) is 0. The third kappa shape index (κ3) is 6.46. The standard InChI is InChI=1S/C69H38N4O3S/c1-2-13-44(14-3-1)73-56-20-8-4-15-45(56)53-34-40(27-31-57(53)73)52-35-43(36-54-50-18-7-11-24-64(50)77-66(52)54)39-28-32-60-55(33-39)65-51(19-12-23-61(65)74-60)69-71-67(41-25-29-48-46-16-5-9-21-58(46)75-62(48)37-41)70-68(72-69)42-26-30-49-47-17-6-10-22-59(47)76-63(49)38-42/h1-38H. The maximum Gasteiger partial charge on any atom is 0.164 e. The fourth-order valence-corrected chi connectivity index (χ4v) is 13.1. The van der Waals surface area contributed by atoms with Crippen molar-refractivity contribution in [3.8, 4) is 62.1 Å². The second kappa shape index (κ2) is 16.2. The average molecular weight is 1000 g/mol. The number of fused-ring (bicyclic) bond motifs is 15. The summed E-state index contributed by atoms with van der Waals surface area (Å²) in [5, 5.41) is 11.0.